The zero-order valence-electron chi connectivity index (χ0n) is 10.5. The highest BCUT2D eigenvalue weighted by atomic mass is 79.9. The van der Waals surface area contributed by atoms with Crippen molar-refractivity contribution in [2.24, 2.45) is 0 Å². The summed E-state index contributed by atoms with van der Waals surface area (Å²) in [5.41, 5.74) is 1.17. The van der Waals surface area contributed by atoms with Gasteiger partial charge in [0, 0.05) is 6.42 Å². The highest BCUT2D eigenvalue weighted by Gasteiger charge is 2.01. The molecule has 0 radical (unpaired) electrons. The fourth-order valence-electron chi connectivity index (χ4n) is 1.65. The van der Waals surface area contributed by atoms with Crippen molar-refractivity contribution in [3.63, 3.8) is 0 Å². The second-order valence-electron chi connectivity index (χ2n) is 4.02. The van der Waals surface area contributed by atoms with E-state index in [4.69, 9.17) is 9.47 Å². The molecule has 0 amide bonds. The van der Waals surface area contributed by atoms with E-state index in [0.29, 0.717) is 16.8 Å². The van der Waals surface area contributed by atoms with Crippen molar-refractivity contribution in [3.05, 3.63) is 58.3 Å². The molecule has 4 heteroatoms. The molecule has 2 aromatic carbocycles. The second kappa shape index (κ2) is 6.57. The van der Waals surface area contributed by atoms with Gasteiger partial charge in [0.2, 0.25) is 0 Å². The van der Waals surface area contributed by atoms with Crippen LogP contribution in [-0.4, -0.2) is 13.7 Å². The van der Waals surface area contributed by atoms with Crippen molar-refractivity contribution in [1.82, 2.24) is 0 Å². The third-order valence-electron chi connectivity index (χ3n) is 2.71. The van der Waals surface area contributed by atoms with Crippen LogP contribution in [-0.2, 0) is 6.42 Å². The van der Waals surface area contributed by atoms with E-state index in [1.54, 1.807) is 19.2 Å². The SMILES string of the molecule is COc1ccc(CCOc2ccc(F)c(Br)c2)cc1. The quantitative estimate of drug-likeness (QED) is 0.819. The van der Waals surface area contributed by atoms with Crippen LogP contribution in [0.25, 0.3) is 0 Å². The molecule has 100 valence electrons. The Morgan fingerprint density at radius 3 is 2.37 bits per heavy atom. The van der Waals surface area contributed by atoms with Crippen molar-refractivity contribution in [3.8, 4) is 11.5 Å². The summed E-state index contributed by atoms with van der Waals surface area (Å²) in [7, 11) is 1.64. The van der Waals surface area contributed by atoms with E-state index >= 15 is 0 Å². The average Bonchev–Trinajstić information content (AvgIpc) is 2.43. The molecule has 0 fully saturated rings. The van der Waals surface area contributed by atoms with Crippen LogP contribution < -0.4 is 9.47 Å². The fraction of sp³-hybridized carbons (Fsp3) is 0.200. The van der Waals surface area contributed by atoms with Crippen LogP contribution >= 0.6 is 15.9 Å². The number of hydrogen-bond acceptors (Lipinski definition) is 2. The molecule has 0 aliphatic carbocycles. The summed E-state index contributed by atoms with van der Waals surface area (Å²) in [5.74, 6) is 1.21. The van der Waals surface area contributed by atoms with Crippen LogP contribution in [0.3, 0.4) is 0 Å². The van der Waals surface area contributed by atoms with Gasteiger partial charge in [-0.1, -0.05) is 12.1 Å². The number of halogens is 2. The summed E-state index contributed by atoms with van der Waals surface area (Å²) in [4.78, 5) is 0. The molecule has 0 saturated carbocycles. The van der Waals surface area contributed by atoms with Crippen molar-refractivity contribution in [2.75, 3.05) is 13.7 Å². The minimum Gasteiger partial charge on any atom is -0.497 e. The van der Waals surface area contributed by atoms with E-state index in [1.165, 1.54) is 11.6 Å². The van der Waals surface area contributed by atoms with Crippen LogP contribution in [0, 0.1) is 5.82 Å². The summed E-state index contributed by atoms with van der Waals surface area (Å²) in [6.07, 6.45) is 0.791. The van der Waals surface area contributed by atoms with Gasteiger partial charge in [-0.05, 0) is 51.8 Å². The lowest BCUT2D eigenvalue weighted by Gasteiger charge is -2.07. The van der Waals surface area contributed by atoms with Crippen molar-refractivity contribution in [2.45, 2.75) is 6.42 Å². The Hall–Kier alpha value is -1.55. The molecule has 0 aliphatic rings. The summed E-state index contributed by atoms with van der Waals surface area (Å²) in [5, 5.41) is 0. The summed E-state index contributed by atoms with van der Waals surface area (Å²) in [6.45, 7) is 0.546. The van der Waals surface area contributed by atoms with Gasteiger partial charge in [-0.25, -0.2) is 4.39 Å². The lowest BCUT2D eigenvalue weighted by molar-refractivity contribution is 0.321. The van der Waals surface area contributed by atoms with E-state index in [-0.39, 0.29) is 5.82 Å². The molecular weight excluding hydrogens is 311 g/mol. The fourth-order valence-corrected chi connectivity index (χ4v) is 2.00. The summed E-state index contributed by atoms with van der Waals surface area (Å²) >= 11 is 3.13. The molecule has 0 aliphatic heterocycles. The standard InChI is InChI=1S/C15H14BrFO2/c1-18-12-4-2-11(3-5-12)8-9-19-13-6-7-15(17)14(16)10-13/h2-7,10H,8-9H2,1H3. The molecule has 19 heavy (non-hydrogen) atoms. The highest BCUT2D eigenvalue weighted by Crippen LogP contribution is 2.21. The molecule has 0 saturated heterocycles. The molecule has 0 unspecified atom stereocenters. The Labute approximate surface area is 120 Å². The highest BCUT2D eigenvalue weighted by molar-refractivity contribution is 9.10. The maximum absolute atomic E-state index is 13.0. The zero-order valence-corrected chi connectivity index (χ0v) is 12.1. The van der Waals surface area contributed by atoms with Crippen LogP contribution in [0.15, 0.2) is 46.9 Å². The van der Waals surface area contributed by atoms with Gasteiger partial charge >= 0.3 is 0 Å². The van der Waals surface area contributed by atoms with Gasteiger partial charge in [-0.2, -0.15) is 0 Å². The van der Waals surface area contributed by atoms with E-state index in [0.717, 1.165) is 12.2 Å². The van der Waals surface area contributed by atoms with E-state index < -0.39 is 0 Å². The number of methoxy groups -OCH3 is 1. The van der Waals surface area contributed by atoms with Crippen LogP contribution in [0.1, 0.15) is 5.56 Å². The molecule has 2 nitrogen and oxygen atoms in total. The number of benzene rings is 2. The summed E-state index contributed by atoms with van der Waals surface area (Å²) < 4.78 is 24.1. The monoisotopic (exact) mass is 324 g/mol. The first-order chi connectivity index (χ1) is 9.19. The Morgan fingerprint density at radius 1 is 1.05 bits per heavy atom. The molecule has 0 atom stereocenters. The van der Waals surface area contributed by atoms with E-state index in [2.05, 4.69) is 15.9 Å². The Bertz CT molecular complexity index is 540. The third-order valence-corrected chi connectivity index (χ3v) is 3.32. The smallest absolute Gasteiger partial charge is 0.137 e. The molecule has 0 heterocycles. The Balaban J connectivity index is 1.86. The second-order valence-corrected chi connectivity index (χ2v) is 4.88. The Morgan fingerprint density at radius 2 is 1.74 bits per heavy atom. The van der Waals surface area contributed by atoms with Gasteiger partial charge < -0.3 is 9.47 Å². The molecule has 0 spiro atoms. The first-order valence-corrected chi connectivity index (χ1v) is 6.69. The van der Waals surface area contributed by atoms with Gasteiger partial charge in [0.15, 0.2) is 0 Å². The van der Waals surface area contributed by atoms with Crippen LogP contribution in [0.2, 0.25) is 0 Å². The average molecular weight is 325 g/mol. The maximum atomic E-state index is 13.0. The van der Waals surface area contributed by atoms with E-state index in [1.807, 2.05) is 24.3 Å². The van der Waals surface area contributed by atoms with E-state index in [9.17, 15) is 4.39 Å². The summed E-state index contributed by atoms with van der Waals surface area (Å²) in [6, 6.07) is 12.5. The van der Waals surface area contributed by atoms with Crippen LogP contribution in [0.5, 0.6) is 11.5 Å². The zero-order chi connectivity index (χ0) is 13.7. The van der Waals surface area contributed by atoms with Crippen molar-refractivity contribution < 1.29 is 13.9 Å². The number of rotatable bonds is 5. The molecular formula is C15H14BrFO2. The van der Waals surface area contributed by atoms with Crippen molar-refractivity contribution in [1.29, 1.82) is 0 Å². The minimum atomic E-state index is -0.289. The lowest BCUT2D eigenvalue weighted by atomic mass is 10.1. The largest absolute Gasteiger partial charge is 0.497 e. The predicted molar refractivity (Wildman–Crippen MR) is 76.3 cm³/mol. The number of hydrogen-bond donors (Lipinski definition) is 0. The normalized spacial score (nSPS) is 10.3. The van der Waals surface area contributed by atoms with Gasteiger partial charge in [0.1, 0.15) is 17.3 Å². The maximum Gasteiger partial charge on any atom is 0.137 e. The van der Waals surface area contributed by atoms with Crippen LogP contribution in [0.4, 0.5) is 4.39 Å². The molecule has 0 bridgehead atoms. The Kier molecular flexibility index (Phi) is 4.80. The topological polar surface area (TPSA) is 18.5 Å². The van der Waals surface area contributed by atoms with Gasteiger partial charge in [0.05, 0.1) is 18.2 Å². The number of ether oxygens (including phenoxy) is 2. The van der Waals surface area contributed by atoms with Gasteiger partial charge in [-0.15, -0.1) is 0 Å². The molecule has 2 rings (SSSR count). The van der Waals surface area contributed by atoms with Gasteiger partial charge in [-0.3, -0.25) is 0 Å². The first-order valence-electron chi connectivity index (χ1n) is 5.90. The first kappa shape index (κ1) is 13.9. The third kappa shape index (κ3) is 3.96. The van der Waals surface area contributed by atoms with Crippen molar-refractivity contribution >= 4 is 15.9 Å². The molecule has 0 N–H and O–H groups in total. The predicted octanol–water partition coefficient (Wildman–Crippen LogP) is 4.22. The molecule has 2 aromatic rings. The molecule has 0 aromatic heterocycles. The minimum absolute atomic E-state index is 0.289. The lowest BCUT2D eigenvalue weighted by Crippen LogP contribution is -2.01. The van der Waals surface area contributed by atoms with Gasteiger partial charge in [0.25, 0.3) is 0 Å².